The zero-order chi connectivity index (χ0) is 18.4. The average Bonchev–Trinajstić information content (AvgIpc) is 2.67. The first-order valence-electron chi connectivity index (χ1n) is 8.53. The maximum Gasteiger partial charge on any atom is 0.271 e. The lowest BCUT2D eigenvalue weighted by Crippen LogP contribution is -2.10. The Morgan fingerprint density at radius 2 is 1.50 bits per heavy atom. The molecule has 0 atom stereocenters. The zero-order valence-electron chi connectivity index (χ0n) is 14.3. The van der Waals surface area contributed by atoms with Crippen LogP contribution in [0.4, 0.5) is 17.1 Å². The van der Waals surface area contributed by atoms with Gasteiger partial charge in [-0.1, -0.05) is 60.7 Å². The monoisotopic (exact) mass is 347 g/mol. The fourth-order valence-corrected chi connectivity index (χ4v) is 3.06. The van der Waals surface area contributed by atoms with Crippen LogP contribution in [0, 0.1) is 10.1 Å². The Morgan fingerprint density at radius 1 is 0.923 bits per heavy atom. The van der Waals surface area contributed by atoms with Crippen LogP contribution in [-0.4, -0.2) is 11.5 Å². The SMILES string of the molecule is Nc1ccc([N+](=O)[O-])cc1NCCC(c1ccccc1)c1ccccc1. The number of nitrogens with zero attached hydrogens (tertiary/aromatic N) is 1. The van der Waals surface area contributed by atoms with E-state index in [0.29, 0.717) is 17.9 Å². The van der Waals surface area contributed by atoms with Gasteiger partial charge in [0.25, 0.3) is 5.69 Å². The summed E-state index contributed by atoms with van der Waals surface area (Å²) in [6, 6.07) is 25.1. The van der Waals surface area contributed by atoms with E-state index in [9.17, 15) is 10.1 Å². The number of hydrogen-bond acceptors (Lipinski definition) is 4. The number of nitrogen functional groups attached to an aromatic ring is 1. The van der Waals surface area contributed by atoms with Gasteiger partial charge in [-0.3, -0.25) is 10.1 Å². The number of nitro groups is 1. The average molecular weight is 347 g/mol. The number of nitrogens with one attached hydrogen (secondary N) is 1. The molecule has 0 heterocycles. The summed E-state index contributed by atoms with van der Waals surface area (Å²) in [7, 11) is 0. The Balaban J connectivity index is 1.75. The van der Waals surface area contributed by atoms with Crippen LogP contribution in [-0.2, 0) is 0 Å². The topological polar surface area (TPSA) is 81.2 Å². The molecular weight excluding hydrogens is 326 g/mol. The first-order valence-corrected chi connectivity index (χ1v) is 8.53. The van der Waals surface area contributed by atoms with Crippen LogP contribution in [0.2, 0.25) is 0 Å². The molecule has 5 heteroatoms. The van der Waals surface area contributed by atoms with Crippen LogP contribution in [0.3, 0.4) is 0 Å². The van der Waals surface area contributed by atoms with E-state index in [2.05, 4.69) is 29.6 Å². The van der Waals surface area contributed by atoms with Crippen molar-refractivity contribution in [2.24, 2.45) is 0 Å². The summed E-state index contributed by atoms with van der Waals surface area (Å²) in [5, 5.41) is 14.2. The third-order valence-electron chi connectivity index (χ3n) is 4.40. The summed E-state index contributed by atoms with van der Waals surface area (Å²) >= 11 is 0. The smallest absolute Gasteiger partial charge is 0.271 e. The molecule has 132 valence electrons. The van der Waals surface area contributed by atoms with E-state index < -0.39 is 4.92 Å². The van der Waals surface area contributed by atoms with E-state index in [4.69, 9.17) is 5.73 Å². The molecule has 5 nitrogen and oxygen atoms in total. The van der Waals surface area contributed by atoms with E-state index in [1.54, 1.807) is 6.07 Å². The Morgan fingerprint density at radius 3 is 2.04 bits per heavy atom. The molecule has 0 radical (unpaired) electrons. The fourth-order valence-electron chi connectivity index (χ4n) is 3.06. The highest BCUT2D eigenvalue weighted by Crippen LogP contribution is 2.29. The van der Waals surface area contributed by atoms with Gasteiger partial charge in [0.2, 0.25) is 0 Å². The predicted octanol–water partition coefficient (Wildman–Crippen LogP) is 4.81. The molecule has 0 fully saturated rings. The quantitative estimate of drug-likeness (QED) is 0.365. The third kappa shape index (κ3) is 4.19. The minimum Gasteiger partial charge on any atom is -0.397 e. The predicted molar refractivity (Wildman–Crippen MR) is 105 cm³/mol. The van der Waals surface area contributed by atoms with Gasteiger partial charge >= 0.3 is 0 Å². The molecule has 3 N–H and O–H groups in total. The van der Waals surface area contributed by atoms with Gasteiger partial charge in [-0.05, 0) is 23.6 Å². The Kier molecular flexibility index (Phi) is 5.49. The number of hydrogen-bond donors (Lipinski definition) is 2. The maximum atomic E-state index is 11.0. The standard InChI is InChI=1S/C21H21N3O2/c22-20-12-11-18(24(25)26)15-21(20)23-14-13-19(16-7-3-1-4-8-16)17-9-5-2-6-10-17/h1-12,15,19,23H,13-14,22H2. The van der Waals surface area contributed by atoms with Crippen LogP contribution < -0.4 is 11.1 Å². The normalized spacial score (nSPS) is 10.7. The van der Waals surface area contributed by atoms with Gasteiger partial charge in [0.05, 0.1) is 16.3 Å². The lowest BCUT2D eigenvalue weighted by molar-refractivity contribution is -0.384. The van der Waals surface area contributed by atoms with E-state index in [-0.39, 0.29) is 11.6 Å². The number of benzene rings is 3. The first kappa shape index (κ1) is 17.5. The van der Waals surface area contributed by atoms with Crippen molar-refractivity contribution in [3.63, 3.8) is 0 Å². The molecule has 0 bridgehead atoms. The van der Waals surface area contributed by atoms with Gasteiger partial charge in [0.1, 0.15) is 0 Å². The molecule has 26 heavy (non-hydrogen) atoms. The zero-order valence-corrected chi connectivity index (χ0v) is 14.3. The number of nitrogens with two attached hydrogens (primary N) is 1. The minimum absolute atomic E-state index is 0.0318. The molecule has 0 aliphatic carbocycles. The molecule has 0 saturated heterocycles. The molecule has 0 amide bonds. The lowest BCUT2D eigenvalue weighted by Gasteiger charge is -2.19. The van der Waals surface area contributed by atoms with Crippen LogP contribution in [0.15, 0.2) is 78.9 Å². The third-order valence-corrected chi connectivity index (χ3v) is 4.40. The van der Waals surface area contributed by atoms with E-state index >= 15 is 0 Å². The Bertz CT molecular complexity index is 827. The Hall–Kier alpha value is -3.34. The molecule has 0 aliphatic rings. The van der Waals surface area contributed by atoms with Crippen molar-refractivity contribution in [2.45, 2.75) is 12.3 Å². The second-order valence-corrected chi connectivity index (χ2v) is 6.12. The highest BCUT2D eigenvalue weighted by atomic mass is 16.6. The van der Waals surface area contributed by atoms with Crippen LogP contribution in [0.5, 0.6) is 0 Å². The summed E-state index contributed by atoms with van der Waals surface area (Å²) in [5.41, 5.74) is 9.56. The van der Waals surface area contributed by atoms with Crippen LogP contribution >= 0.6 is 0 Å². The fraction of sp³-hybridized carbons (Fsp3) is 0.143. The largest absolute Gasteiger partial charge is 0.397 e. The van der Waals surface area contributed by atoms with Crippen LogP contribution in [0.25, 0.3) is 0 Å². The lowest BCUT2D eigenvalue weighted by atomic mass is 9.88. The van der Waals surface area contributed by atoms with E-state index in [1.807, 2.05) is 36.4 Å². The van der Waals surface area contributed by atoms with Gasteiger partial charge in [0.15, 0.2) is 0 Å². The van der Waals surface area contributed by atoms with Crippen molar-refractivity contribution < 1.29 is 4.92 Å². The number of anilines is 2. The number of non-ortho nitro benzene ring substituents is 1. The maximum absolute atomic E-state index is 11.0. The van der Waals surface area contributed by atoms with Crippen molar-refractivity contribution in [2.75, 3.05) is 17.6 Å². The molecule has 0 aromatic heterocycles. The summed E-state index contributed by atoms with van der Waals surface area (Å²) in [6.45, 7) is 0.653. The van der Waals surface area contributed by atoms with Crippen molar-refractivity contribution in [1.82, 2.24) is 0 Å². The second kappa shape index (κ2) is 8.16. The summed E-state index contributed by atoms with van der Waals surface area (Å²) in [5.74, 6) is 0.241. The van der Waals surface area contributed by atoms with E-state index in [1.165, 1.54) is 23.3 Å². The van der Waals surface area contributed by atoms with Crippen molar-refractivity contribution in [3.05, 3.63) is 100 Å². The highest BCUT2D eigenvalue weighted by molar-refractivity contribution is 5.69. The summed E-state index contributed by atoms with van der Waals surface area (Å²) in [4.78, 5) is 10.5. The highest BCUT2D eigenvalue weighted by Gasteiger charge is 2.14. The molecule has 3 aromatic carbocycles. The molecule has 3 aromatic rings. The molecule has 0 spiro atoms. The van der Waals surface area contributed by atoms with Crippen LogP contribution in [0.1, 0.15) is 23.5 Å². The van der Waals surface area contributed by atoms with Gasteiger partial charge in [0, 0.05) is 24.6 Å². The second-order valence-electron chi connectivity index (χ2n) is 6.12. The minimum atomic E-state index is -0.415. The summed E-state index contributed by atoms with van der Waals surface area (Å²) in [6.07, 6.45) is 0.843. The van der Waals surface area contributed by atoms with Crippen molar-refractivity contribution in [1.29, 1.82) is 0 Å². The number of nitro benzene ring substituents is 1. The van der Waals surface area contributed by atoms with Gasteiger partial charge in [-0.25, -0.2) is 0 Å². The van der Waals surface area contributed by atoms with Gasteiger partial charge in [-0.15, -0.1) is 0 Å². The molecule has 0 aliphatic heterocycles. The van der Waals surface area contributed by atoms with Crippen molar-refractivity contribution >= 4 is 17.1 Å². The molecule has 3 rings (SSSR count). The van der Waals surface area contributed by atoms with Crippen molar-refractivity contribution in [3.8, 4) is 0 Å². The Labute approximate surface area is 152 Å². The number of rotatable bonds is 7. The van der Waals surface area contributed by atoms with Gasteiger partial charge in [-0.2, -0.15) is 0 Å². The molecular formula is C21H21N3O2. The first-order chi connectivity index (χ1) is 12.6. The summed E-state index contributed by atoms with van der Waals surface area (Å²) < 4.78 is 0. The van der Waals surface area contributed by atoms with E-state index in [0.717, 1.165) is 6.42 Å². The molecule has 0 unspecified atom stereocenters. The van der Waals surface area contributed by atoms with Gasteiger partial charge < -0.3 is 11.1 Å². The molecule has 0 saturated carbocycles.